The van der Waals surface area contributed by atoms with Crippen LogP contribution >= 0.6 is 0 Å². The van der Waals surface area contributed by atoms with E-state index in [4.69, 9.17) is 5.53 Å². The van der Waals surface area contributed by atoms with Crippen LogP contribution in [0.2, 0.25) is 0 Å². The highest BCUT2D eigenvalue weighted by atomic mass is 16.2. The van der Waals surface area contributed by atoms with Crippen molar-refractivity contribution in [2.24, 2.45) is 61.3 Å². The molecule has 0 aromatic carbocycles. The van der Waals surface area contributed by atoms with Gasteiger partial charge in [0, 0.05) is 28.1 Å². The van der Waals surface area contributed by atoms with Crippen molar-refractivity contribution in [1.82, 2.24) is 0 Å². The summed E-state index contributed by atoms with van der Waals surface area (Å²) in [5.41, 5.74) is 6.99. The van der Waals surface area contributed by atoms with Crippen LogP contribution in [0.25, 0.3) is 10.4 Å². The van der Waals surface area contributed by atoms with E-state index in [1.807, 2.05) is 19.9 Å². The van der Waals surface area contributed by atoms with Gasteiger partial charge in [0.15, 0.2) is 5.78 Å². The number of nitriles is 1. The van der Waals surface area contributed by atoms with Gasteiger partial charge in [-0.05, 0) is 95.0 Å². The minimum absolute atomic E-state index is 0.00289. The molecule has 4 fully saturated rings. The van der Waals surface area contributed by atoms with Gasteiger partial charge in [-0.3, -0.25) is 14.4 Å². The Morgan fingerprint density at radius 1 is 1.00 bits per heavy atom. The molecule has 0 aromatic heterocycles. The molecule has 8 atom stereocenters. The zero-order chi connectivity index (χ0) is 28.1. The second-order valence-corrected chi connectivity index (χ2v) is 15.3. The Kier molecular flexibility index (Phi) is 5.74. The minimum atomic E-state index is -0.765. The molecule has 7 nitrogen and oxygen atoms in total. The fourth-order valence-corrected chi connectivity index (χ4v) is 10.8. The van der Waals surface area contributed by atoms with Gasteiger partial charge in [-0.1, -0.05) is 54.5 Å². The third kappa shape index (κ3) is 3.19. The highest BCUT2D eigenvalue weighted by Gasteiger charge is 2.72. The molecular weight excluding hydrogens is 476 g/mol. The molecule has 5 aliphatic carbocycles. The van der Waals surface area contributed by atoms with Crippen LogP contribution in [0, 0.1) is 67.5 Å². The lowest BCUT2D eigenvalue weighted by Crippen LogP contribution is -2.69. The fourth-order valence-electron chi connectivity index (χ4n) is 10.8. The van der Waals surface area contributed by atoms with Gasteiger partial charge in [-0.15, -0.1) is 0 Å². The first-order chi connectivity index (χ1) is 17.5. The van der Waals surface area contributed by atoms with Crippen molar-refractivity contribution in [3.63, 3.8) is 0 Å². The molecule has 38 heavy (non-hydrogen) atoms. The molecule has 5 rings (SSSR count). The average molecular weight is 519 g/mol. The summed E-state index contributed by atoms with van der Waals surface area (Å²) in [5.74, 6) is -0.600. The molecule has 0 radical (unpaired) electrons. The van der Waals surface area contributed by atoms with Crippen molar-refractivity contribution < 1.29 is 14.4 Å². The number of amides is 1. The molecule has 0 heterocycles. The Morgan fingerprint density at radius 2 is 1.66 bits per heavy atom. The van der Waals surface area contributed by atoms with Gasteiger partial charge >= 0.3 is 0 Å². The molecular formula is C31H42N4O3. The van der Waals surface area contributed by atoms with E-state index in [0.29, 0.717) is 19.3 Å². The van der Waals surface area contributed by atoms with Gasteiger partial charge in [0.1, 0.15) is 11.9 Å². The number of nitrogens with zero attached hydrogens (tertiary/aromatic N) is 4. The number of allylic oxidation sites excluding steroid dienone is 2. The molecule has 1 unspecified atom stereocenters. The lowest BCUT2D eigenvalue weighted by atomic mass is 9.31. The van der Waals surface area contributed by atoms with Gasteiger partial charge in [0.05, 0.1) is 5.57 Å². The van der Waals surface area contributed by atoms with E-state index in [2.05, 4.69) is 50.7 Å². The Morgan fingerprint density at radius 3 is 2.29 bits per heavy atom. The highest BCUT2D eigenvalue weighted by molar-refractivity contribution is 6.04. The summed E-state index contributed by atoms with van der Waals surface area (Å²) in [7, 11) is 0. The van der Waals surface area contributed by atoms with Crippen LogP contribution < -0.4 is 0 Å². The first-order valence-electron chi connectivity index (χ1n) is 14.3. The van der Waals surface area contributed by atoms with Crippen molar-refractivity contribution in [3.8, 4) is 6.07 Å². The van der Waals surface area contributed by atoms with Crippen molar-refractivity contribution in [1.29, 1.82) is 5.26 Å². The zero-order valence-electron chi connectivity index (χ0n) is 24.1. The van der Waals surface area contributed by atoms with Crippen molar-refractivity contribution in [2.75, 3.05) is 0 Å². The number of rotatable bonds is 1. The second kappa shape index (κ2) is 8.04. The summed E-state index contributed by atoms with van der Waals surface area (Å²) >= 11 is 0. The van der Waals surface area contributed by atoms with E-state index < -0.39 is 16.2 Å². The third-order valence-corrected chi connectivity index (χ3v) is 13.0. The smallest absolute Gasteiger partial charge is 0.225 e. The third-order valence-electron chi connectivity index (χ3n) is 13.0. The van der Waals surface area contributed by atoms with Crippen LogP contribution in [0.15, 0.2) is 16.8 Å². The number of hydrogen-bond acceptors (Lipinski definition) is 4. The van der Waals surface area contributed by atoms with E-state index in [1.54, 1.807) is 0 Å². The molecule has 0 N–H and O–H groups in total. The maximum absolute atomic E-state index is 14.4. The van der Waals surface area contributed by atoms with Gasteiger partial charge in [0.2, 0.25) is 5.91 Å². The molecule has 1 amide bonds. The van der Waals surface area contributed by atoms with Crippen LogP contribution in [0.3, 0.4) is 0 Å². The molecule has 5 aliphatic rings. The predicted octanol–water partition coefficient (Wildman–Crippen LogP) is 7.12. The van der Waals surface area contributed by atoms with E-state index >= 15 is 0 Å². The first kappa shape index (κ1) is 27.1. The summed E-state index contributed by atoms with van der Waals surface area (Å²) in [6.45, 7) is 15.2. The van der Waals surface area contributed by atoms with Gasteiger partial charge in [-0.2, -0.15) is 5.26 Å². The van der Waals surface area contributed by atoms with Crippen LogP contribution in [0.5, 0.6) is 0 Å². The van der Waals surface area contributed by atoms with E-state index in [-0.39, 0.29) is 63.0 Å². The molecule has 0 aliphatic heterocycles. The lowest BCUT2D eigenvalue weighted by molar-refractivity contribution is -0.221. The molecule has 0 spiro atoms. The summed E-state index contributed by atoms with van der Waals surface area (Å²) in [6.07, 6.45) is 7.77. The monoisotopic (exact) mass is 518 g/mol. The van der Waals surface area contributed by atoms with Crippen LogP contribution in [0.4, 0.5) is 0 Å². The van der Waals surface area contributed by atoms with Crippen LogP contribution in [-0.4, -0.2) is 17.5 Å². The van der Waals surface area contributed by atoms with E-state index in [0.717, 1.165) is 32.1 Å². The topological polar surface area (TPSA) is 124 Å². The van der Waals surface area contributed by atoms with Crippen molar-refractivity contribution in [2.45, 2.75) is 99.8 Å². The summed E-state index contributed by atoms with van der Waals surface area (Å²) < 4.78 is 0. The Balaban J connectivity index is 1.65. The van der Waals surface area contributed by atoms with Gasteiger partial charge < -0.3 is 0 Å². The molecule has 0 saturated heterocycles. The molecule has 7 heteroatoms. The zero-order valence-corrected chi connectivity index (χ0v) is 24.1. The van der Waals surface area contributed by atoms with E-state index in [1.165, 1.54) is 0 Å². The normalized spacial score (nSPS) is 46.6. The largest absolute Gasteiger partial charge is 0.299 e. The standard InChI is InChI=1S/C31H42N4O3/c1-26(2)10-12-31(25(38)34-35-33)13-11-30(7)23(19(31)16-26)20(36)14-22-28(5)15-18(17-32)24(37)27(3,4)21(28)8-9-29(22,30)6/h15,19,21-23H,8-14,16H2,1-7H3/t19-,21?,22+,23-,28-,29+,30+,31-/m0/s1. The van der Waals surface area contributed by atoms with Crippen molar-refractivity contribution in [3.05, 3.63) is 22.1 Å². The number of ketones is 2. The Labute approximate surface area is 226 Å². The molecule has 0 aromatic rings. The quantitative estimate of drug-likeness (QED) is 0.208. The maximum Gasteiger partial charge on any atom is 0.225 e. The highest BCUT2D eigenvalue weighted by Crippen LogP contribution is 2.75. The second-order valence-electron chi connectivity index (χ2n) is 15.3. The first-order valence-corrected chi connectivity index (χ1v) is 14.3. The Hall–Kier alpha value is -2.45. The number of fused-ring (bicyclic) bond motifs is 7. The number of hydrogen-bond donors (Lipinski definition) is 0. The van der Waals surface area contributed by atoms with E-state index in [9.17, 15) is 19.6 Å². The number of azide groups is 1. The predicted molar refractivity (Wildman–Crippen MR) is 143 cm³/mol. The lowest BCUT2D eigenvalue weighted by Gasteiger charge is -2.71. The summed E-state index contributed by atoms with van der Waals surface area (Å²) in [4.78, 5) is 44.0. The molecule has 4 saturated carbocycles. The number of carbonyl (C=O) groups is 3. The van der Waals surface area contributed by atoms with Crippen molar-refractivity contribution >= 4 is 17.5 Å². The fraction of sp³-hybridized carbons (Fsp3) is 0.806. The van der Waals surface area contributed by atoms with Gasteiger partial charge in [-0.25, -0.2) is 0 Å². The molecule has 204 valence electrons. The van der Waals surface area contributed by atoms with Gasteiger partial charge in [0.25, 0.3) is 0 Å². The van der Waals surface area contributed by atoms with Crippen LogP contribution in [-0.2, 0) is 14.4 Å². The average Bonchev–Trinajstić information content (AvgIpc) is 2.82. The summed E-state index contributed by atoms with van der Waals surface area (Å²) in [6, 6.07) is 2.18. The summed E-state index contributed by atoms with van der Waals surface area (Å²) in [5, 5.41) is 13.5. The minimum Gasteiger partial charge on any atom is -0.299 e. The Bertz CT molecular complexity index is 1250. The maximum atomic E-state index is 14.4. The SMILES string of the molecule is CC1(C)CC[C@]2(C(=O)N=[N+]=[N-])CC[C@]3(C)[C@H](C(=O)C[C@@H]4[C@@]5(C)C=C(C#N)C(=O)C(C)(C)C5CC[C@]43C)[C@@H]2C1. The molecule has 0 bridgehead atoms. The number of carbonyl (C=O) groups excluding carboxylic acids is 3. The van der Waals surface area contributed by atoms with Crippen LogP contribution in [0.1, 0.15) is 99.8 Å². The number of Topliss-reactive ketones (excluding diaryl/α,β-unsaturated/α-hetero) is 2.